The summed E-state index contributed by atoms with van der Waals surface area (Å²) in [6, 6.07) is 17.1. The minimum absolute atomic E-state index is 0.742. The van der Waals surface area contributed by atoms with E-state index < -0.39 is 6.10 Å². The van der Waals surface area contributed by atoms with Crippen molar-refractivity contribution in [2.24, 2.45) is 0 Å². The van der Waals surface area contributed by atoms with Gasteiger partial charge in [-0.3, -0.25) is 4.79 Å². The van der Waals surface area contributed by atoms with Crippen molar-refractivity contribution in [3.05, 3.63) is 70.8 Å². The predicted octanol–water partition coefficient (Wildman–Crippen LogP) is 6.70. The number of carbonyl (C=O) groups is 1. The third-order valence-electron chi connectivity index (χ3n) is 3.69. The van der Waals surface area contributed by atoms with Crippen molar-refractivity contribution in [1.82, 2.24) is 0 Å². The molecule has 2 aromatic rings. The molecule has 0 amide bonds. The Labute approximate surface area is 172 Å². The molecule has 3 heteroatoms. The molecule has 1 unspecified atom stereocenters. The Morgan fingerprint density at radius 1 is 0.893 bits per heavy atom. The molecule has 0 aliphatic carbocycles. The molecule has 0 aliphatic rings. The molecule has 0 aliphatic heterocycles. The highest BCUT2D eigenvalue weighted by atomic mass is 16.3. The molecule has 2 aromatic carbocycles. The summed E-state index contributed by atoms with van der Waals surface area (Å²) < 4.78 is 0. The minimum Gasteiger partial charge on any atom is -0.374 e. The number of rotatable bonds is 6. The quantitative estimate of drug-likeness (QED) is 0.446. The zero-order valence-electron chi connectivity index (χ0n) is 18.4. The number of nitrogens with zero attached hydrogens (tertiary/aromatic N) is 1. The van der Waals surface area contributed by atoms with Crippen molar-refractivity contribution in [3.8, 4) is 6.07 Å². The van der Waals surface area contributed by atoms with Crippen molar-refractivity contribution >= 4 is 6.29 Å². The van der Waals surface area contributed by atoms with Crippen molar-refractivity contribution < 1.29 is 9.90 Å². The Hall–Kier alpha value is -2.44. The van der Waals surface area contributed by atoms with Gasteiger partial charge in [0.1, 0.15) is 6.29 Å². The second kappa shape index (κ2) is 19.3. The van der Waals surface area contributed by atoms with Crippen molar-refractivity contribution in [1.29, 1.82) is 5.26 Å². The van der Waals surface area contributed by atoms with Crippen LogP contribution >= 0.6 is 0 Å². The fourth-order valence-electron chi connectivity index (χ4n) is 2.51. The number of aliphatic hydroxyl groups excluding tert-OH is 1. The maximum absolute atomic E-state index is 10.5. The van der Waals surface area contributed by atoms with Crippen LogP contribution in [-0.2, 0) is 12.8 Å². The number of aldehydes is 1. The molecule has 3 nitrogen and oxygen atoms in total. The van der Waals surface area contributed by atoms with Crippen LogP contribution in [0.3, 0.4) is 0 Å². The Morgan fingerprint density at radius 3 is 1.86 bits per heavy atom. The second-order valence-corrected chi connectivity index (χ2v) is 5.55. The lowest BCUT2D eigenvalue weighted by molar-refractivity contribution is 0.112. The molecule has 0 aromatic heterocycles. The Bertz CT molecular complexity index is 674. The number of carbonyl (C=O) groups excluding carboxylic acids is 1. The first-order valence-electron chi connectivity index (χ1n) is 10.4. The van der Waals surface area contributed by atoms with Crippen LogP contribution in [0.2, 0.25) is 0 Å². The van der Waals surface area contributed by atoms with Crippen LogP contribution in [0.25, 0.3) is 0 Å². The van der Waals surface area contributed by atoms with Crippen molar-refractivity contribution in [2.45, 2.75) is 73.3 Å². The van der Waals surface area contributed by atoms with Gasteiger partial charge in [0.15, 0.2) is 6.10 Å². The summed E-state index contributed by atoms with van der Waals surface area (Å²) in [5.74, 6) is 0. The molecule has 0 spiro atoms. The second-order valence-electron chi connectivity index (χ2n) is 5.55. The Morgan fingerprint density at radius 2 is 1.36 bits per heavy atom. The van der Waals surface area contributed by atoms with E-state index >= 15 is 0 Å². The first kappa shape index (κ1) is 27.8. The summed E-state index contributed by atoms with van der Waals surface area (Å²) in [5.41, 5.74) is 3.80. The normalized spacial score (nSPS) is 9.79. The molecule has 0 fully saturated rings. The average molecular weight is 384 g/mol. The van der Waals surface area contributed by atoms with E-state index in [1.54, 1.807) is 6.07 Å². The monoisotopic (exact) mass is 383 g/mol. The zero-order valence-corrected chi connectivity index (χ0v) is 18.4. The SMILES string of the molecule is CC.CC.CCCc1ccccc1C(O)C#N.CCCc1ccccc1C=O. The van der Waals surface area contributed by atoms with Crippen molar-refractivity contribution in [3.63, 3.8) is 0 Å². The molecule has 0 saturated heterocycles. The van der Waals surface area contributed by atoms with E-state index in [1.165, 1.54) is 0 Å². The van der Waals surface area contributed by atoms with Gasteiger partial charge in [-0.15, -0.1) is 0 Å². The summed E-state index contributed by atoms with van der Waals surface area (Å²) in [7, 11) is 0. The zero-order chi connectivity index (χ0) is 21.8. The average Bonchev–Trinajstić information content (AvgIpc) is 2.78. The summed E-state index contributed by atoms with van der Waals surface area (Å²) in [4.78, 5) is 10.5. The van der Waals surface area contributed by atoms with Gasteiger partial charge in [0.25, 0.3) is 0 Å². The van der Waals surface area contributed by atoms with Crippen LogP contribution < -0.4 is 0 Å². The fraction of sp³-hybridized carbons (Fsp3) is 0.440. The number of nitriles is 1. The minimum atomic E-state index is -0.984. The molecule has 1 N–H and O–H groups in total. The standard InChI is InChI=1S/C11H13NO.C10H12O.2C2H6/c1-2-5-9-6-3-4-7-10(9)11(13)8-12;1-2-5-9-6-3-4-7-10(9)8-11;2*1-2/h3-4,6-7,11,13H,2,5H2,1H3;3-4,6-8H,2,5H2,1H3;2*1-2H3. The van der Waals surface area contributed by atoms with Gasteiger partial charge in [-0.1, -0.05) is 103 Å². The van der Waals surface area contributed by atoms with E-state index in [4.69, 9.17) is 5.26 Å². The van der Waals surface area contributed by atoms with Crippen LogP contribution in [-0.4, -0.2) is 11.4 Å². The third kappa shape index (κ3) is 10.6. The highest BCUT2D eigenvalue weighted by Gasteiger charge is 2.09. The van der Waals surface area contributed by atoms with Crippen molar-refractivity contribution in [2.75, 3.05) is 0 Å². The highest BCUT2D eigenvalue weighted by molar-refractivity contribution is 5.77. The molecule has 0 bridgehead atoms. The van der Waals surface area contributed by atoms with Gasteiger partial charge in [-0.2, -0.15) is 5.26 Å². The van der Waals surface area contributed by atoms with Crippen LogP contribution in [0.4, 0.5) is 0 Å². The first-order valence-corrected chi connectivity index (χ1v) is 10.4. The van der Waals surface area contributed by atoms with Gasteiger partial charge in [-0.05, 0) is 29.5 Å². The molecule has 1 atom stereocenters. The lowest BCUT2D eigenvalue weighted by Gasteiger charge is -2.08. The predicted molar refractivity (Wildman–Crippen MR) is 120 cm³/mol. The maximum atomic E-state index is 10.5. The Kier molecular flexibility index (Phi) is 19.2. The molecule has 154 valence electrons. The van der Waals surface area contributed by atoms with Crippen LogP contribution in [0.15, 0.2) is 48.5 Å². The fourth-order valence-corrected chi connectivity index (χ4v) is 2.51. The van der Waals surface area contributed by atoms with Gasteiger partial charge in [0.2, 0.25) is 0 Å². The van der Waals surface area contributed by atoms with Gasteiger partial charge in [-0.25, -0.2) is 0 Å². The van der Waals surface area contributed by atoms with E-state index in [2.05, 4.69) is 13.8 Å². The molecular weight excluding hydrogens is 346 g/mol. The van der Waals surface area contributed by atoms with E-state index in [0.717, 1.165) is 54.2 Å². The number of benzene rings is 2. The van der Waals surface area contributed by atoms with Gasteiger partial charge >= 0.3 is 0 Å². The Balaban J connectivity index is 0. The summed E-state index contributed by atoms with van der Waals surface area (Å²) in [5, 5.41) is 18.0. The number of aryl methyl sites for hydroxylation is 2. The lowest BCUT2D eigenvalue weighted by atomic mass is 10.00. The molecule has 28 heavy (non-hydrogen) atoms. The largest absolute Gasteiger partial charge is 0.374 e. The number of aliphatic hydroxyl groups is 1. The number of hydrogen-bond donors (Lipinski definition) is 1. The lowest BCUT2D eigenvalue weighted by Crippen LogP contribution is -1.99. The topological polar surface area (TPSA) is 61.1 Å². The van der Waals surface area contributed by atoms with Gasteiger partial charge in [0.05, 0.1) is 6.07 Å². The van der Waals surface area contributed by atoms with Crippen LogP contribution in [0, 0.1) is 11.3 Å². The molecule has 0 saturated carbocycles. The summed E-state index contributed by atoms with van der Waals surface area (Å²) >= 11 is 0. The van der Waals surface area contributed by atoms with Crippen LogP contribution in [0.5, 0.6) is 0 Å². The summed E-state index contributed by atoms with van der Waals surface area (Å²) in [6.45, 7) is 12.2. The van der Waals surface area contributed by atoms with E-state index in [0.29, 0.717) is 0 Å². The van der Waals surface area contributed by atoms with Gasteiger partial charge < -0.3 is 5.11 Å². The molecule has 0 heterocycles. The highest BCUT2D eigenvalue weighted by Crippen LogP contribution is 2.18. The molecule has 2 rings (SSSR count). The van der Waals surface area contributed by atoms with Gasteiger partial charge in [0, 0.05) is 5.56 Å². The third-order valence-corrected chi connectivity index (χ3v) is 3.69. The van der Waals surface area contributed by atoms with E-state index in [-0.39, 0.29) is 0 Å². The molecule has 0 radical (unpaired) electrons. The first-order chi connectivity index (χ1) is 13.7. The van der Waals surface area contributed by atoms with Crippen LogP contribution in [0.1, 0.15) is 87.5 Å². The van der Waals surface area contributed by atoms with E-state index in [9.17, 15) is 9.90 Å². The smallest absolute Gasteiger partial charge is 0.166 e. The maximum Gasteiger partial charge on any atom is 0.166 e. The summed E-state index contributed by atoms with van der Waals surface area (Å²) in [6.07, 6.45) is 3.96. The van der Waals surface area contributed by atoms with E-state index in [1.807, 2.05) is 76.2 Å². The molecular formula is C25H37NO2. The number of hydrogen-bond acceptors (Lipinski definition) is 3.